The Morgan fingerprint density at radius 1 is 1.40 bits per heavy atom. The molecule has 0 aromatic carbocycles. The summed E-state index contributed by atoms with van der Waals surface area (Å²) in [4.78, 5) is 27.8. The van der Waals surface area contributed by atoms with Crippen LogP contribution in [0.15, 0.2) is 23.4 Å². The average molecular weight is 371 g/mol. The maximum absolute atomic E-state index is 10.3. The number of halogens is 1. The monoisotopic (exact) mass is 370 g/mol. The summed E-state index contributed by atoms with van der Waals surface area (Å²) in [5, 5.41) is 16.2. The van der Waals surface area contributed by atoms with Crippen molar-refractivity contribution in [3.63, 3.8) is 0 Å². The number of nitro groups is 1. The van der Waals surface area contributed by atoms with E-state index in [1.807, 2.05) is 6.07 Å². The second-order valence-electron chi connectivity index (χ2n) is 5.25. The molecule has 0 atom stereocenters. The molecule has 0 aliphatic carbocycles. The summed E-state index contributed by atoms with van der Waals surface area (Å²) in [5.41, 5.74) is 0.925. The number of carbonyl (C=O) groups excluding carboxylic acids is 1. The second-order valence-corrected chi connectivity index (χ2v) is 5.64. The van der Waals surface area contributed by atoms with E-state index in [4.69, 9.17) is 16.3 Å². The third kappa shape index (κ3) is 6.51. The van der Waals surface area contributed by atoms with Crippen LogP contribution in [0.25, 0.3) is 0 Å². The van der Waals surface area contributed by atoms with Gasteiger partial charge in [0.05, 0.1) is 13.2 Å². The predicted molar refractivity (Wildman–Crippen MR) is 90.5 cm³/mol. The molecule has 10 nitrogen and oxygen atoms in total. The van der Waals surface area contributed by atoms with Gasteiger partial charge in [-0.3, -0.25) is 4.79 Å². The topological polar surface area (TPSA) is 113 Å². The molecule has 1 amide bonds. The minimum Gasteiger partial charge on any atom is -0.378 e. The molecule has 1 aromatic heterocycles. The lowest BCUT2D eigenvalue weighted by molar-refractivity contribution is -0.485. The quantitative estimate of drug-likeness (QED) is 0.347. The Kier molecular flexibility index (Phi) is 7.36. The van der Waals surface area contributed by atoms with E-state index in [-0.39, 0.29) is 5.96 Å². The van der Waals surface area contributed by atoms with Gasteiger partial charge in [0, 0.05) is 38.9 Å². The van der Waals surface area contributed by atoms with Gasteiger partial charge in [-0.05, 0) is 11.6 Å². The number of rotatable bonds is 4. The molecule has 2 aliphatic rings. The highest BCUT2D eigenvalue weighted by Crippen LogP contribution is 2.09. The van der Waals surface area contributed by atoms with E-state index in [9.17, 15) is 14.9 Å². The molecule has 3 heterocycles. The van der Waals surface area contributed by atoms with E-state index in [2.05, 4.69) is 15.4 Å². The van der Waals surface area contributed by atoms with Crippen molar-refractivity contribution in [3.8, 4) is 0 Å². The van der Waals surface area contributed by atoms with Crippen molar-refractivity contribution in [2.24, 2.45) is 5.10 Å². The summed E-state index contributed by atoms with van der Waals surface area (Å²) in [5.74, 6) is 0.282. The van der Waals surface area contributed by atoms with Gasteiger partial charge in [0.2, 0.25) is 6.41 Å². The zero-order chi connectivity index (χ0) is 18.1. The summed E-state index contributed by atoms with van der Waals surface area (Å²) in [7, 11) is 0. The van der Waals surface area contributed by atoms with Crippen LogP contribution in [0.2, 0.25) is 5.15 Å². The Morgan fingerprint density at radius 2 is 2.16 bits per heavy atom. The van der Waals surface area contributed by atoms with Crippen LogP contribution < -0.4 is 5.32 Å². The zero-order valence-corrected chi connectivity index (χ0v) is 14.3. The van der Waals surface area contributed by atoms with Crippen molar-refractivity contribution >= 4 is 24.0 Å². The lowest BCUT2D eigenvalue weighted by Crippen LogP contribution is -2.34. The molecule has 0 saturated carbocycles. The number of guanidine groups is 1. The smallest absolute Gasteiger partial charge is 0.271 e. The van der Waals surface area contributed by atoms with Crippen LogP contribution in [0.1, 0.15) is 5.56 Å². The number of ether oxygens (including phenoxy) is 1. The van der Waals surface area contributed by atoms with Crippen molar-refractivity contribution in [2.75, 3.05) is 39.4 Å². The van der Waals surface area contributed by atoms with Gasteiger partial charge in [-0.2, -0.15) is 0 Å². The third-order valence-corrected chi connectivity index (χ3v) is 3.72. The zero-order valence-electron chi connectivity index (χ0n) is 13.5. The van der Waals surface area contributed by atoms with Crippen LogP contribution in [0.4, 0.5) is 0 Å². The first kappa shape index (κ1) is 18.9. The molecule has 0 spiro atoms. The van der Waals surface area contributed by atoms with Crippen molar-refractivity contribution in [1.82, 2.24) is 20.1 Å². The first-order chi connectivity index (χ1) is 12.1. The van der Waals surface area contributed by atoms with Crippen molar-refractivity contribution in [2.45, 2.75) is 6.54 Å². The van der Waals surface area contributed by atoms with E-state index >= 15 is 0 Å². The second kappa shape index (κ2) is 9.74. The number of nitrogens with zero attached hydrogens (tertiary/aromatic N) is 5. The molecule has 1 N–H and O–H groups in total. The van der Waals surface area contributed by atoms with Crippen LogP contribution in [0.3, 0.4) is 0 Å². The van der Waals surface area contributed by atoms with E-state index in [1.54, 1.807) is 22.1 Å². The summed E-state index contributed by atoms with van der Waals surface area (Å²) in [6.07, 6.45) is 2.51. The highest BCUT2D eigenvalue weighted by atomic mass is 35.5. The minimum absolute atomic E-state index is 0.282. The van der Waals surface area contributed by atoms with Gasteiger partial charge in [0.25, 0.3) is 5.96 Å². The number of hydrogen-bond donors (Lipinski definition) is 1. The van der Waals surface area contributed by atoms with Gasteiger partial charge in [0.15, 0.2) is 5.03 Å². The molecule has 3 rings (SSSR count). The maximum Gasteiger partial charge on any atom is 0.271 e. The van der Waals surface area contributed by atoms with Crippen LogP contribution in [-0.4, -0.2) is 71.6 Å². The first-order valence-corrected chi connectivity index (χ1v) is 8.05. The van der Waals surface area contributed by atoms with Gasteiger partial charge in [-0.1, -0.05) is 17.7 Å². The Balaban J connectivity index is 0.000000236. The van der Waals surface area contributed by atoms with Gasteiger partial charge < -0.3 is 19.9 Å². The normalized spacial score (nSPS) is 18.4. The fourth-order valence-corrected chi connectivity index (χ4v) is 2.37. The summed E-state index contributed by atoms with van der Waals surface area (Å²) >= 11 is 5.68. The highest BCUT2D eigenvalue weighted by molar-refractivity contribution is 6.29. The SMILES string of the molecule is O=CN1CCOCC1.O=[N+]([O-])/N=C1\NCCN1Cc1ccc(Cl)nc1. The molecular weight excluding hydrogens is 352 g/mol. The lowest BCUT2D eigenvalue weighted by Gasteiger charge is -2.21. The molecule has 2 fully saturated rings. The number of carbonyl (C=O) groups is 1. The van der Waals surface area contributed by atoms with Crippen LogP contribution in [0, 0.1) is 10.1 Å². The van der Waals surface area contributed by atoms with E-state index in [0.29, 0.717) is 38.0 Å². The van der Waals surface area contributed by atoms with Crippen molar-refractivity contribution in [1.29, 1.82) is 0 Å². The van der Waals surface area contributed by atoms with Crippen molar-refractivity contribution < 1.29 is 14.6 Å². The molecule has 1 aromatic rings. The van der Waals surface area contributed by atoms with Gasteiger partial charge in [-0.25, -0.2) is 15.1 Å². The minimum atomic E-state index is -0.708. The van der Waals surface area contributed by atoms with Gasteiger partial charge >= 0.3 is 0 Å². The fraction of sp³-hybridized carbons (Fsp3) is 0.500. The molecule has 11 heteroatoms. The van der Waals surface area contributed by atoms with E-state index in [1.165, 1.54) is 0 Å². The lowest BCUT2D eigenvalue weighted by atomic mass is 10.3. The number of hydrazone groups is 1. The fourth-order valence-electron chi connectivity index (χ4n) is 2.25. The number of hydrogen-bond acceptors (Lipinski definition) is 5. The molecule has 2 aliphatic heterocycles. The van der Waals surface area contributed by atoms with Crippen LogP contribution in [-0.2, 0) is 16.1 Å². The summed E-state index contributed by atoms with van der Waals surface area (Å²) in [6.45, 7) is 4.73. The van der Waals surface area contributed by atoms with Gasteiger partial charge in [-0.15, -0.1) is 0 Å². The Bertz CT molecular complexity index is 606. The standard InChI is InChI=1S/C9H10ClN5O2.C5H9NO2/c10-8-2-1-7(5-12-8)6-14-4-3-11-9(14)13-15(16)17;7-5-6-1-3-8-4-2-6/h1-2,5H,3-4,6H2,(H,11,13);5H,1-4H2. The molecule has 0 radical (unpaired) electrons. The van der Waals surface area contributed by atoms with Crippen LogP contribution >= 0.6 is 11.6 Å². The van der Waals surface area contributed by atoms with E-state index in [0.717, 1.165) is 25.1 Å². The molecule has 136 valence electrons. The number of amides is 1. The first-order valence-electron chi connectivity index (χ1n) is 7.68. The number of morpholine rings is 1. The Hall–Kier alpha value is -2.46. The van der Waals surface area contributed by atoms with E-state index < -0.39 is 5.03 Å². The molecule has 25 heavy (non-hydrogen) atoms. The molecule has 2 saturated heterocycles. The largest absolute Gasteiger partial charge is 0.378 e. The highest BCUT2D eigenvalue weighted by Gasteiger charge is 2.21. The Labute approximate surface area is 149 Å². The van der Waals surface area contributed by atoms with Crippen molar-refractivity contribution in [3.05, 3.63) is 39.2 Å². The number of pyridine rings is 1. The molecule has 0 unspecified atom stereocenters. The van der Waals surface area contributed by atoms with Gasteiger partial charge in [0.1, 0.15) is 10.3 Å². The summed E-state index contributed by atoms with van der Waals surface area (Å²) in [6, 6.07) is 3.52. The number of aromatic nitrogens is 1. The molecule has 0 bridgehead atoms. The Morgan fingerprint density at radius 3 is 2.72 bits per heavy atom. The molecular formula is C14H19ClN6O4. The predicted octanol–water partition coefficient (Wildman–Crippen LogP) is 0.163. The average Bonchev–Trinajstić information content (AvgIpc) is 3.04. The summed E-state index contributed by atoms with van der Waals surface area (Å²) < 4.78 is 5.00. The third-order valence-electron chi connectivity index (χ3n) is 3.50. The van der Waals surface area contributed by atoms with Crippen LogP contribution in [0.5, 0.6) is 0 Å². The number of nitrogens with one attached hydrogen (secondary N) is 1. The maximum atomic E-state index is 10.3.